The number of nitrogens with two attached hydrogens (primary N) is 2. The van der Waals surface area contributed by atoms with Crippen LogP contribution in [0.4, 0.5) is 10.1 Å². The molecule has 0 amide bonds. The Morgan fingerprint density at radius 2 is 1.93 bits per heavy atom. The van der Waals surface area contributed by atoms with E-state index in [2.05, 4.69) is 0 Å². The zero-order chi connectivity index (χ0) is 18.7. The van der Waals surface area contributed by atoms with E-state index in [-0.39, 0.29) is 24.4 Å². The highest BCUT2D eigenvalue weighted by Gasteiger charge is 2.34. The van der Waals surface area contributed by atoms with E-state index < -0.39 is 17.1 Å². The third-order valence-corrected chi connectivity index (χ3v) is 5.81. The molecule has 0 bridgehead atoms. The minimum absolute atomic E-state index is 0. The lowest BCUT2D eigenvalue weighted by Gasteiger charge is -2.24. The Kier molecular flexibility index (Phi) is 4.98. The molecule has 2 aromatic heterocycles. The highest BCUT2D eigenvalue weighted by molar-refractivity contribution is 5.85. The summed E-state index contributed by atoms with van der Waals surface area (Å²) in [6.45, 7) is 5.12. The van der Waals surface area contributed by atoms with Gasteiger partial charge in [0.1, 0.15) is 0 Å². The minimum Gasteiger partial charge on any atom is -0.368 e. The van der Waals surface area contributed by atoms with E-state index in [9.17, 15) is 14.0 Å². The van der Waals surface area contributed by atoms with Crippen LogP contribution in [0, 0.1) is 18.7 Å². The van der Waals surface area contributed by atoms with Crippen molar-refractivity contribution in [1.29, 1.82) is 0 Å². The van der Waals surface area contributed by atoms with Crippen LogP contribution in [0.15, 0.2) is 15.8 Å². The minimum atomic E-state index is -0.724. The van der Waals surface area contributed by atoms with E-state index in [0.717, 1.165) is 25.5 Å². The fourth-order valence-electron chi connectivity index (χ4n) is 4.18. The second kappa shape index (κ2) is 6.83. The van der Waals surface area contributed by atoms with Crippen LogP contribution < -0.4 is 27.7 Å². The lowest BCUT2D eigenvalue weighted by Crippen LogP contribution is -2.44. The maximum atomic E-state index is 15.0. The Bertz CT molecular complexity index is 1010. The first-order valence-corrected chi connectivity index (χ1v) is 9.07. The molecule has 7 nitrogen and oxygen atoms in total. The van der Waals surface area contributed by atoms with E-state index in [0.29, 0.717) is 46.0 Å². The average Bonchev–Trinajstić information content (AvgIpc) is 3.30. The Balaban J connectivity index is 0.00000210. The Labute approximate surface area is 162 Å². The number of nitrogen functional groups attached to an aromatic ring is 1. The summed E-state index contributed by atoms with van der Waals surface area (Å²) in [4.78, 5) is 27.0. The number of pyridine rings is 1. The third kappa shape index (κ3) is 3.00. The SMILES string of the molecule is Cc1c(N2CCC([C@@H](C)N)C2)c(F)cn2c(=O)n(N)c(=O)c(C3CC3)c12.Cl. The summed E-state index contributed by atoms with van der Waals surface area (Å²) in [6.07, 6.45) is 3.82. The number of fused-ring (bicyclic) bond motifs is 1. The first kappa shape index (κ1) is 19.7. The van der Waals surface area contributed by atoms with Crippen molar-refractivity contribution in [2.24, 2.45) is 11.7 Å². The molecule has 148 valence electrons. The number of aromatic nitrogens is 2. The molecule has 0 spiro atoms. The van der Waals surface area contributed by atoms with Gasteiger partial charge >= 0.3 is 5.69 Å². The third-order valence-electron chi connectivity index (χ3n) is 5.81. The first-order valence-electron chi connectivity index (χ1n) is 9.07. The van der Waals surface area contributed by atoms with Gasteiger partial charge in [0.05, 0.1) is 17.4 Å². The molecule has 1 aliphatic carbocycles. The lowest BCUT2D eigenvalue weighted by molar-refractivity contribution is 0.487. The average molecular weight is 398 g/mol. The van der Waals surface area contributed by atoms with Crippen molar-refractivity contribution < 1.29 is 4.39 Å². The van der Waals surface area contributed by atoms with Gasteiger partial charge in [0.2, 0.25) is 0 Å². The summed E-state index contributed by atoms with van der Waals surface area (Å²) in [5.41, 5.74) is 6.91. The molecule has 0 radical (unpaired) electrons. The molecule has 27 heavy (non-hydrogen) atoms. The number of hydrogen-bond acceptors (Lipinski definition) is 5. The molecule has 4 N–H and O–H groups in total. The van der Waals surface area contributed by atoms with Gasteiger partial charge in [-0.05, 0) is 44.9 Å². The molecule has 4 rings (SSSR count). The van der Waals surface area contributed by atoms with E-state index in [1.165, 1.54) is 4.40 Å². The zero-order valence-electron chi connectivity index (χ0n) is 15.4. The molecule has 9 heteroatoms. The van der Waals surface area contributed by atoms with Gasteiger partial charge in [-0.2, -0.15) is 4.68 Å². The molecule has 2 fully saturated rings. The number of aryl methyl sites for hydroxylation is 1. The number of nitrogens with zero attached hydrogens (tertiary/aromatic N) is 3. The maximum Gasteiger partial charge on any atom is 0.354 e. The van der Waals surface area contributed by atoms with E-state index in [1.807, 2.05) is 11.8 Å². The van der Waals surface area contributed by atoms with Gasteiger partial charge in [-0.3, -0.25) is 9.20 Å². The zero-order valence-corrected chi connectivity index (χ0v) is 16.3. The van der Waals surface area contributed by atoms with Gasteiger partial charge < -0.3 is 16.5 Å². The van der Waals surface area contributed by atoms with Crippen LogP contribution in [0.5, 0.6) is 0 Å². The summed E-state index contributed by atoms with van der Waals surface area (Å²) in [5.74, 6) is 5.55. The van der Waals surface area contributed by atoms with Gasteiger partial charge in [-0.25, -0.2) is 9.18 Å². The fraction of sp³-hybridized carbons (Fsp3) is 0.556. The van der Waals surface area contributed by atoms with Crippen LogP contribution in [0.3, 0.4) is 0 Å². The molecule has 2 atom stereocenters. The molecule has 1 saturated carbocycles. The van der Waals surface area contributed by atoms with Crippen molar-refractivity contribution >= 4 is 23.6 Å². The molecule has 2 aromatic rings. The Morgan fingerprint density at radius 1 is 1.26 bits per heavy atom. The normalized spacial score (nSPS) is 20.7. The van der Waals surface area contributed by atoms with Crippen molar-refractivity contribution in [3.63, 3.8) is 0 Å². The number of hydrogen-bond donors (Lipinski definition) is 2. The molecule has 3 heterocycles. The van der Waals surface area contributed by atoms with Crippen molar-refractivity contribution in [1.82, 2.24) is 9.08 Å². The van der Waals surface area contributed by atoms with Crippen LogP contribution in [-0.4, -0.2) is 28.2 Å². The van der Waals surface area contributed by atoms with Gasteiger partial charge in [-0.15, -0.1) is 12.4 Å². The van der Waals surface area contributed by atoms with Crippen LogP contribution in [0.2, 0.25) is 0 Å². The largest absolute Gasteiger partial charge is 0.368 e. The Morgan fingerprint density at radius 3 is 2.48 bits per heavy atom. The fourth-order valence-corrected chi connectivity index (χ4v) is 4.18. The van der Waals surface area contributed by atoms with Crippen molar-refractivity contribution in [2.45, 2.75) is 45.1 Å². The summed E-state index contributed by atoms with van der Waals surface area (Å²) in [6, 6.07) is 0.0397. The quantitative estimate of drug-likeness (QED) is 0.755. The number of anilines is 1. The molecule has 2 aliphatic rings. The van der Waals surface area contributed by atoms with Crippen molar-refractivity contribution in [3.8, 4) is 0 Å². The molecule has 1 saturated heterocycles. The molecular weight excluding hydrogens is 373 g/mol. The highest BCUT2D eigenvalue weighted by Crippen LogP contribution is 2.42. The second-order valence-electron chi connectivity index (χ2n) is 7.67. The van der Waals surface area contributed by atoms with E-state index >= 15 is 0 Å². The van der Waals surface area contributed by atoms with Gasteiger partial charge in [-0.1, -0.05) is 0 Å². The second-order valence-corrected chi connectivity index (χ2v) is 7.67. The van der Waals surface area contributed by atoms with E-state index in [4.69, 9.17) is 11.6 Å². The highest BCUT2D eigenvalue weighted by atomic mass is 35.5. The molecule has 1 aliphatic heterocycles. The smallest absolute Gasteiger partial charge is 0.354 e. The topological polar surface area (TPSA) is 98.8 Å². The molecule has 0 aromatic carbocycles. The summed E-state index contributed by atoms with van der Waals surface area (Å²) in [7, 11) is 0. The van der Waals surface area contributed by atoms with Gasteiger partial charge in [0, 0.05) is 30.3 Å². The standard InChI is InChI=1S/C18H24FN5O2.ClH/c1-9-15(22-6-5-12(7-22)10(2)20)13(19)8-23-16(9)14(11-3-4-11)17(25)24(21)18(23)26;/h8,10-12H,3-7,20-21H2,1-2H3;1H/t10-,12?;/m1./s1. The van der Waals surface area contributed by atoms with Crippen LogP contribution in [-0.2, 0) is 0 Å². The predicted molar refractivity (Wildman–Crippen MR) is 106 cm³/mol. The maximum absolute atomic E-state index is 15.0. The lowest BCUT2D eigenvalue weighted by atomic mass is 10.0. The van der Waals surface area contributed by atoms with E-state index in [1.54, 1.807) is 6.92 Å². The van der Waals surface area contributed by atoms with Gasteiger partial charge in [0.25, 0.3) is 5.56 Å². The monoisotopic (exact) mass is 397 g/mol. The Hall–Kier alpha value is -2.06. The molecule has 1 unspecified atom stereocenters. The molecular formula is C18H25ClFN5O2. The predicted octanol–water partition coefficient (Wildman–Crippen LogP) is 1.10. The van der Waals surface area contributed by atoms with Crippen molar-refractivity contribution in [2.75, 3.05) is 23.8 Å². The van der Waals surface area contributed by atoms with Gasteiger partial charge in [0.15, 0.2) is 5.82 Å². The van der Waals surface area contributed by atoms with Crippen LogP contribution in [0.1, 0.15) is 43.2 Å². The summed E-state index contributed by atoms with van der Waals surface area (Å²) >= 11 is 0. The number of halogens is 2. The summed E-state index contributed by atoms with van der Waals surface area (Å²) < 4.78 is 16.7. The van der Waals surface area contributed by atoms with Crippen LogP contribution in [0.25, 0.3) is 5.52 Å². The van der Waals surface area contributed by atoms with Crippen LogP contribution >= 0.6 is 12.4 Å². The first-order chi connectivity index (χ1) is 12.3. The van der Waals surface area contributed by atoms with Crippen molar-refractivity contribution in [3.05, 3.63) is 44.0 Å². The summed E-state index contributed by atoms with van der Waals surface area (Å²) in [5, 5.41) is 0. The number of rotatable bonds is 3.